The molecule has 1 N–H and O–H groups in total. The molecule has 1 aromatic heterocycles. The Kier molecular flexibility index (Phi) is 4.91. The topological polar surface area (TPSA) is 12.0 Å². The fourth-order valence-corrected chi connectivity index (χ4v) is 2.24. The Morgan fingerprint density at radius 3 is 2.86 bits per heavy atom. The predicted molar refractivity (Wildman–Crippen MR) is 64.8 cm³/mol. The minimum absolute atomic E-state index is 0.465. The largest absolute Gasteiger partial charge is 0.309 e. The van der Waals surface area contributed by atoms with E-state index in [1.807, 2.05) is 11.3 Å². The number of thiophene rings is 1. The second kappa shape index (κ2) is 5.99. The molecule has 0 aliphatic carbocycles. The van der Waals surface area contributed by atoms with Crippen molar-refractivity contribution in [3.63, 3.8) is 0 Å². The molecule has 0 bridgehead atoms. The van der Waals surface area contributed by atoms with Crippen molar-refractivity contribution in [2.24, 2.45) is 0 Å². The van der Waals surface area contributed by atoms with Gasteiger partial charge in [-0.2, -0.15) is 0 Å². The van der Waals surface area contributed by atoms with Crippen LogP contribution in [-0.2, 0) is 0 Å². The summed E-state index contributed by atoms with van der Waals surface area (Å²) < 4.78 is 0. The van der Waals surface area contributed by atoms with E-state index in [2.05, 4.69) is 43.3 Å². The van der Waals surface area contributed by atoms with Crippen molar-refractivity contribution in [2.75, 3.05) is 6.54 Å². The summed E-state index contributed by atoms with van der Waals surface area (Å²) in [6.45, 7) is 9.40. The Balaban J connectivity index is 2.60. The zero-order valence-electron chi connectivity index (χ0n) is 9.05. The summed E-state index contributed by atoms with van der Waals surface area (Å²) in [5.74, 6) is 0. The molecule has 1 rings (SSSR count). The maximum Gasteiger partial charge on any atom is 0.0452 e. The van der Waals surface area contributed by atoms with Gasteiger partial charge in [0, 0.05) is 10.9 Å². The third kappa shape index (κ3) is 3.28. The number of nitrogens with one attached hydrogen (secondary N) is 1. The summed E-state index contributed by atoms with van der Waals surface area (Å²) in [4.78, 5) is 1.42. The molecule has 78 valence electrons. The van der Waals surface area contributed by atoms with Crippen LogP contribution in [0, 0.1) is 0 Å². The Morgan fingerprint density at radius 2 is 2.36 bits per heavy atom. The van der Waals surface area contributed by atoms with Gasteiger partial charge in [0.15, 0.2) is 0 Å². The molecular formula is C12H19NS. The van der Waals surface area contributed by atoms with Gasteiger partial charge in [-0.05, 0) is 30.8 Å². The predicted octanol–water partition coefficient (Wildman–Crippen LogP) is 3.76. The first-order valence-electron chi connectivity index (χ1n) is 5.21. The second-order valence-corrected chi connectivity index (χ2v) is 4.41. The number of hydrogen-bond donors (Lipinski definition) is 1. The Bertz CT molecular complexity index is 264. The molecule has 0 aliphatic rings. The molecule has 0 saturated carbocycles. The maximum atomic E-state index is 4.07. The van der Waals surface area contributed by atoms with Gasteiger partial charge in [-0.25, -0.2) is 0 Å². The molecule has 0 aromatic carbocycles. The zero-order valence-corrected chi connectivity index (χ0v) is 9.86. The highest BCUT2D eigenvalue weighted by atomic mass is 32.1. The lowest BCUT2D eigenvalue weighted by molar-refractivity contribution is 0.551. The van der Waals surface area contributed by atoms with Crippen molar-refractivity contribution < 1.29 is 0 Å². The Morgan fingerprint density at radius 1 is 1.57 bits per heavy atom. The molecule has 1 heterocycles. The maximum absolute atomic E-state index is 4.07. The quantitative estimate of drug-likeness (QED) is 0.703. The normalized spacial score (nSPS) is 12.7. The number of rotatable bonds is 6. The van der Waals surface area contributed by atoms with E-state index in [0.717, 1.165) is 19.4 Å². The fourth-order valence-electron chi connectivity index (χ4n) is 1.44. The standard InChI is InChI=1S/C12H19NS/c1-4-10(3)9-11(13-5-2)12-7-6-8-14-12/h6-8,11,13H,3-5,9H2,1-2H3. The summed E-state index contributed by atoms with van der Waals surface area (Å²) >= 11 is 1.82. The fraction of sp³-hybridized carbons (Fsp3) is 0.500. The van der Waals surface area contributed by atoms with E-state index in [1.165, 1.54) is 10.5 Å². The van der Waals surface area contributed by atoms with Gasteiger partial charge in [-0.3, -0.25) is 0 Å². The van der Waals surface area contributed by atoms with Gasteiger partial charge in [0.2, 0.25) is 0 Å². The van der Waals surface area contributed by atoms with E-state index in [4.69, 9.17) is 0 Å². The van der Waals surface area contributed by atoms with Crippen LogP contribution >= 0.6 is 11.3 Å². The second-order valence-electron chi connectivity index (χ2n) is 3.43. The van der Waals surface area contributed by atoms with E-state index < -0.39 is 0 Å². The molecular weight excluding hydrogens is 190 g/mol. The lowest BCUT2D eigenvalue weighted by Crippen LogP contribution is -2.20. The summed E-state index contributed by atoms with van der Waals surface area (Å²) in [5.41, 5.74) is 1.32. The highest BCUT2D eigenvalue weighted by Crippen LogP contribution is 2.25. The molecule has 1 atom stereocenters. The minimum Gasteiger partial charge on any atom is -0.309 e. The van der Waals surface area contributed by atoms with Gasteiger partial charge in [-0.15, -0.1) is 11.3 Å². The van der Waals surface area contributed by atoms with E-state index in [9.17, 15) is 0 Å². The Hall–Kier alpha value is -0.600. The lowest BCUT2D eigenvalue weighted by atomic mass is 10.0. The molecule has 0 fully saturated rings. The summed E-state index contributed by atoms with van der Waals surface area (Å²) in [6.07, 6.45) is 2.14. The first kappa shape index (κ1) is 11.5. The number of hydrogen-bond acceptors (Lipinski definition) is 2. The smallest absolute Gasteiger partial charge is 0.0452 e. The van der Waals surface area contributed by atoms with Crippen molar-refractivity contribution in [2.45, 2.75) is 32.7 Å². The first-order valence-corrected chi connectivity index (χ1v) is 6.09. The first-order chi connectivity index (χ1) is 6.77. The van der Waals surface area contributed by atoms with Crippen LogP contribution in [0.5, 0.6) is 0 Å². The van der Waals surface area contributed by atoms with Crippen LogP contribution in [0.1, 0.15) is 37.6 Å². The van der Waals surface area contributed by atoms with E-state index in [1.54, 1.807) is 0 Å². The molecule has 0 spiro atoms. The highest BCUT2D eigenvalue weighted by Gasteiger charge is 2.11. The highest BCUT2D eigenvalue weighted by molar-refractivity contribution is 7.10. The molecule has 0 aliphatic heterocycles. The van der Waals surface area contributed by atoms with Crippen molar-refractivity contribution in [3.8, 4) is 0 Å². The average molecular weight is 209 g/mol. The van der Waals surface area contributed by atoms with Crippen molar-refractivity contribution >= 4 is 11.3 Å². The van der Waals surface area contributed by atoms with Crippen LogP contribution in [0.4, 0.5) is 0 Å². The molecule has 0 radical (unpaired) electrons. The Labute approximate surface area is 90.9 Å². The van der Waals surface area contributed by atoms with Crippen LogP contribution in [-0.4, -0.2) is 6.54 Å². The van der Waals surface area contributed by atoms with Crippen LogP contribution in [0.25, 0.3) is 0 Å². The van der Waals surface area contributed by atoms with Gasteiger partial charge in [0.1, 0.15) is 0 Å². The molecule has 1 nitrogen and oxygen atoms in total. The minimum atomic E-state index is 0.465. The summed E-state index contributed by atoms with van der Waals surface area (Å²) in [7, 11) is 0. The van der Waals surface area contributed by atoms with Crippen LogP contribution in [0.2, 0.25) is 0 Å². The third-order valence-electron chi connectivity index (χ3n) is 2.33. The molecule has 0 saturated heterocycles. The van der Waals surface area contributed by atoms with Gasteiger partial charge in [-0.1, -0.05) is 32.1 Å². The summed E-state index contributed by atoms with van der Waals surface area (Å²) in [6, 6.07) is 4.77. The van der Waals surface area contributed by atoms with Gasteiger partial charge in [0.05, 0.1) is 0 Å². The lowest BCUT2D eigenvalue weighted by Gasteiger charge is -2.17. The van der Waals surface area contributed by atoms with Gasteiger partial charge in [0.25, 0.3) is 0 Å². The summed E-state index contributed by atoms with van der Waals surface area (Å²) in [5, 5.41) is 5.63. The third-order valence-corrected chi connectivity index (χ3v) is 3.32. The molecule has 2 heteroatoms. The molecule has 1 unspecified atom stereocenters. The van der Waals surface area contributed by atoms with Crippen LogP contribution in [0.3, 0.4) is 0 Å². The van der Waals surface area contributed by atoms with Crippen molar-refractivity contribution in [1.29, 1.82) is 0 Å². The molecule has 1 aromatic rings. The van der Waals surface area contributed by atoms with Crippen LogP contribution < -0.4 is 5.32 Å². The SMILES string of the molecule is C=C(CC)CC(NCC)c1cccs1. The van der Waals surface area contributed by atoms with Gasteiger partial charge < -0.3 is 5.32 Å². The average Bonchev–Trinajstić information content (AvgIpc) is 2.69. The van der Waals surface area contributed by atoms with E-state index >= 15 is 0 Å². The monoisotopic (exact) mass is 209 g/mol. The molecule has 0 amide bonds. The van der Waals surface area contributed by atoms with Crippen molar-refractivity contribution in [1.82, 2.24) is 5.32 Å². The van der Waals surface area contributed by atoms with E-state index in [-0.39, 0.29) is 0 Å². The van der Waals surface area contributed by atoms with Crippen molar-refractivity contribution in [3.05, 3.63) is 34.5 Å². The van der Waals surface area contributed by atoms with Crippen LogP contribution in [0.15, 0.2) is 29.7 Å². The molecule has 14 heavy (non-hydrogen) atoms. The zero-order chi connectivity index (χ0) is 10.4. The van der Waals surface area contributed by atoms with E-state index in [0.29, 0.717) is 6.04 Å². The van der Waals surface area contributed by atoms with Gasteiger partial charge >= 0.3 is 0 Å².